The number of rotatable bonds is 4. The van der Waals surface area contributed by atoms with Crippen molar-refractivity contribution in [2.45, 2.75) is 55.0 Å². The summed E-state index contributed by atoms with van der Waals surface area (Å²) in [7, 11) is 0. The molecule has 25 heavy (non-hydrogen) atoms. The van der Waals surface area contributed by atoms with Gasteiger partial charge in [0.2, 0.25) is 0 Å². The fourth-order valence-corrected chi connectivity index (χ4v) is 6.54. The Kier molecular flexibility index (Phi) is 4.08. The molecule has 0 aromatic heterocycles. The van der Waals surface area contributed by atoms with Gasteiger partial charge < -0.3 is 10.4 Å². The van der Waals surface area contributed by atoms with Crippen molar-refractivity contribution < 1.29 is 18.7 Å². The molecule has 4 aliphatic rings. The number of hydrogen-bond donors (Lipinski definition) is 2. The quantitative estimate of drug-likeness (QED) is 0.796. The largest absolute Gasteiger partial charge is 0.389 e. The average Bonchev–Trinajstić information content (AvgIpc) is 2.51. The monoisotopic (exact) mass is 369 g/mol. The Labute approximate surface area is 150 Å². The summed E-state index contributed by atoms with van der Waals surface area (Å²) in [6, 6.07) is 8.50. The van der Waals surface area contributed by atoms with Crippen LogP contribution in [0, 0.1) is 17.8 Å². The molecule has 1 aromatic rings. The summed E-state index contributed by atoms with van der Waals surface area (Å²) in [5.41, 5.74) is -0.257. The van der Waals surface area contributed by atoms with Crippen LogP contribution in [-0.2, 0) is 4.79 Å². The van der Waals surface area contributed by atoms with E-state index in [4.69, 9.17) is 11.6 Å². The molecule has 1 aromatic carbocycles. The Balaban J connectivity index is 1.71. The van der Waals surface area contributed by atoms with Crippen LogP contribution in [-0.4, -0.2) is 27.9 Å². The first kappa shape index (κ1) is 17.2. The topological polar surface area (TPSA) is 49.3 Å². The molecule has 2 N–H and O–H groups in total. The van der Waals surface area contributed by atoms with E-state index in [2.05, 4.69) is 5.32 Å². The minimum absolute atomic E-state index is 0.131. The van der Waals surface area contributed by atoms with Gasteiger partial charge in [-0.3, -0.25) is 4.79 Å². The first-order valence-electron chi connectivity index (χ1n) is 8.84. The molecule has 1 amide bonds. The van der Waals surface area contributed by atoms with Crippen molar-refractivity contribution >= 4 is 17.5 Å². The van der Waals surface area contributed by atoms with E-state index < -0.39 is 24.0 Å². The molecule has 4 saturated carbocycles. The van der Waals surface area contributed by atoms with E-state index in [1.54, 1.807) is 0 Å². The minimum Gasteiger partial charge on any atom is -0.389 e. The average molecular weight is 370 g/mol. The smallest absolute Gasteiger partial charge is 0.315 e. The van der Waals surface area contributed by atoms with Crippen molar-refractivity contribution in [1.82, 2.24) is 5.32 Å². The van der Waals surface area contributed by atoms with E-state index in [1.807, 2.05) is 30.3 Å². The summed E-state index contributed by atoms with van der Waals surface area (Å²) >= 11 is 6.73. The van der Waals surface area contributed by atoms with Crippen molar-refractivity contribution in [3.63, 3.8) is 0 Å². The van der Waals surface area contributed by atoms with Gasteiger partial charge in [0.25, 0.3) is 5.91 Å². The molecule has 0 aliphatic heterocycles. The number of alkyl halides is 3. The molecule has 4 fully saturated rings. The Morgan fingerprint density at radius 1 is 1.24 bits per heavy atom. The second-order valence-electron chi connectivity index (χ2n) is 8.13. The van der Waals surface area contributed by atoms with Gasteiger partial charge in [0.15, 0.2) is 0 Å². The maximum atomic E-state index is 12.9. The fourth-order valence-electron chi connectivity index (χ4n) is 5.89. The summed E-state index contributed by atoms with van der Waals surface area (Å²) in [4.78, 5) is 11.4. The van der Waals surface area contributed by atoms with Gasteiger partial charge in [-0.2, -0.15) is 8.78 Å². The Bertz CT molecular complexity index is 673. The van der Waals surface area contributed by atoms with Crippen molar-refractivity contribution in [3.05, 3.63) is 35.9 Å². The molecule has 4 aliphatic carbocycles. The van der Waals surface area contributed by atoms with Crippen LogP contribution in [0.5, 0.6) is 0 Å². The second-order valence-corrected chi connectivity index (χ2v) is 8.93. The van der Waals surface area contributed by atoms with Crippen LogP contribution in [0.25, 0.3) is 0 Å². The van der Waals surface area contributed by atoms with Gasteiger partial charge in [-0.25, -0.2) is 0 Å². The molecule has 0 saturated heterocycles. The van der Waals surface area contributed by atoms with Gasteiger partial charge in [-0.15, -0.1) is 11.6 Å². The van der Waals surface area contributed by atoms with Gasteiger partial charge in [0, 0.05) is 10.8 Å². The highest BCUT2D eigenvalue weighted by Gasteiger charge is 2.63. The van der Waals surface area contributed by atoms with Crippen LogP contribution in [0.2, 0.25) is 0 Å². The Morgan fingerprint density at radius 2 is 1.96 bits per heavy atom. The van der Waals surface area contributed by atoms with E-state index in [0.29, 0.717) is 18.8 Å². The van der Waals surface area contributed by atoms with Crippen LogP contribution in [0.15, 0.2) is 30.3 Å². The number of nitrogens with one attached hydrogen (secondary N) is 1. The number of benzene rings is 1. The second kappa shape index (κ2) is 5.92. The lowest BCUT2D eigenvalue weighted by atomic mass is 9.47. The molecule has 0 spiro atoms. The molecule has 4 bridgehead atoms. The highest BCUT2D eigenvalue weighted by molar-refractivity contribution is 6.24. The van der Waals surface area contributed by atoms with Gasteiger partial charge in [0.05, 0.1) is 11.6 Å². The van der Waals surface area contributed by atoms with Crippen LogP contribution < -0.4 is 5.32 Å². The lowest BCUT2D eigenvalue weighted by molar-refractivity contribution is -0.176. The van der Waals surface area contributed by atoms with E-state index in [9.17, 15) is 18.7 Å². The standard InChI is InChI=1S/C19H22ClF2NO2/c20-18-7-11-6-13(9-18)14(19(25,8-11)10-18)15(23-17(24)16(21)22)12-4-2-1-3-5-12/h1-5,11,13-16,25H,6-10H2,(H,23,24)/t11-,13?,14+,15-,18-,19-/m0/s1. The number of halogens is 3. The summed E-state index contributed by atoms with van der Waals surface area (Å²) in [6.07, 6.45) is 0.654. The van der Waals surface area contributed by atoms with Crippen LogP contribution in [0.3, 0.4) is 0 Å². The third-order valence-corrected chi connectivity index (χ3v) is 6.77. The molecule has 5 rings (SSSR count). The zero-order valence-electron chi connectivity index (χ0n) is 13.8. The maximum absolute atomic E-state index is 12.9. The summed E-state index contributed by atoms with van der Waals surface area (Å²) in [6.45, 7) is 0. The molecular weight excluding hydrogens is 348 g/mol. The van der Waals surface area contributed by atoms with Crippen LogP contribution in [0.4, 0.5) is 8.78 Å². The van der Waals surface area contributed by atoms with E-state index in [-0.39, 0.29) is 16.7 Å². The molecule has 6 heteroatoms. The maximum Gasteiger partial charge on any atom is 0.315 e. The van der Waals surface area contributed by atoms with E-state index in [0.717, 1.165) is 24.8 Å². The third-order valence-electron chi connectivity index (χ3n) is 6.33. The molecule has 1 unspecified atom stereocenters. The van der Waals surface area contributed by atoms with Crippen LogP contribution in [0.1, 0.15) is 43.7 Å². The molecule has 0 heterocycles. The van der Waals surface area contributed by atoms with Gasteiger partial charge in [-0.1, -0.05) is 30.3 Å². The summed E-state index contributed by atoms with van der Waals surface area (Å²) < 4.78 is 25.8. The van der Waals surface area contributed by atoms with Gasteiger partial charge in [-0.05, 0) is 49.5 Å². The first-order valence-corrected chi connectivity index (χ1v) is 9.22. The van der Waals surface area contributed by atoms with Crippen LogP contribution >= 0.6 is 11.6 Å². The molecule has 136 valence electrons. The Morgan fingerprint density at radius 3 is 2.56 bits per heavy atom. The summed E-state index contributed by atoms with van der Waals surface area (Å²) in [5.74, 6) is -1.06. The molecule has 0 radical (unpaired) electrons. The normalized spacial score (nSPS) is 40.3. The highest BCUT2D eigenvalue weighted by atomic mass is 35.5. The molecule has 3 nitrogen and oxygen atoms in total. The number of hydrogen-bond acceptors (Lipinski definition) is 2. The third kappa shape index (κ3) is 2.95. The fraction of sp³-hybridized carbons (Fsp3) is 0.632. The number of amides is 1. The van der Waals surface area contributed by atoms with Gasteiger partial charge >= 0.3 is 6.43 Å². The van der Waals surface area contributed by atoms with Crippen molar-refractivity contribution in [2.24, 2.45) is 17.8 Å². The van der Waals surface area contributed by atoms with E-state index in [1.165, 1.54) is 0 Å². The zero-order valence-corrected chi connectivity index (χ0v) is 14.6. The highest BCUT2D eigenvalue weighted by Crippen LogP contribution is 2.64. The number of aliphatic hydroxyl groups is 1. The van der Waals surface area contributed by atoms with Crippen molar-refractivity contribution in [1.29, 1.82) is 0 Å². The molecule has 6 atom stereocenters. The van der Waals surface area contributed by atoms with E-state index >= 15 is 0 Å². The van der Waals surface area contributed by atoms with Crippen molar-refractivity contribution in [3.8, 4) is 0 Å². The lowest BCUT2D eigenvalue weighted by Gasteiger charge is -2.63. The Hall–Kier alpha value is -1.20. The molecular formula is C19H22ClF2NO2. The minimum atomic E-state index is -3.07. The number of carbonyl (C=O) groups excluding carboxylic acids is 1. The van der Waals surface area contributed by atoms with Gasteiger partial charge in [0.1, 0.15) is 0 Å². The predicted molar refractivity (Wildman–Crippen MR) is 90.4 cm³/mol. The number of carbonyl (C=O) groups is 1. The lowest BCUT2D eigenvalue weighted by Crippen LogP contribution is -2.64. The SMILES string of the molecule is O=C(N[C@@H](c1ccccc1)[C@H]1C2C[C@H]3C[C@](Cl)(C2)C[C@@]1(O)C3)C(F)F. The van der Waals surface area contributed by atoms with Crippen molar-refractivity contribution in [2.75, 3.05) is 0 Å². The predicted octanol–water partition coefficient (Wildman–Crippen LogP) is 3.66. The summed E-state index contributed by atoms with van der Waals surface area (Å²) in [5, 5.41) is 13.9. The first-order chi connectivity index (χ1) is 11.8. The zero-order chi connectivity index (χ0) is 17.8.